The van der Waals surface area contributed by atoms with Crippen LogP contribution in [0, 0.1) is 0 Å². The molecule has 59 heavy (non-hydrogen) atoms. The predicted molar refractivity (Wildman–Crippen MR) is 242 cm³/mol. The summed E-state index contributed by atoms with van der Waals surface area (Å²) >= 11 is 0. The van der Waals surface area contributed by atoms with Crippen molar-refractivity contribution < 1.29 is 0 Å². The van der Waals surface area contributed by atoms with Crippen molar-refractivity contribution in [3.8, 4) is 56.7 Å². The van der Waals surface area contributed by atoms with E-state index < -0.39 is 0 Å². The van der Waals surface area contributed by atoms with Gasteiger partial charge in [-0.25, -0.2) is 15.0 Å². The first-order valence-electron chi connectivity index (χ1n) is 20.2. The molecule has 0 aliphatic heterocycles. The highest BCUT2D eigenvalue weighted by Crippen LogP contribution is 2.51. The molecule has 11 aromatic rings. The molecule has 0 spiro atoms. The van der Waals surface area contributed by atoms with Crippen LogP contribution in [0.2, 0.25) is 0 Å². The normalized spacial score (nSPS) is 13.1. The number of para-hydroxylation sites is 3. The summed E-state index contributed by atoms with van der Waals surface area (Å²) in [5.74, 6) is 1.99. The van der Waals surface area contributed by atoms with Gasteiger partial charge in [-0.05, 0) is 76.9 Å². The van der Waals surface area contributed by atoms with Gasteiger partial charge in [0, 0.05) is 55.0 Å². The summed E-state index contributed by atoms with van der Waals surface area (Å²) < 4.78 is 4.87. The molecule has 3 heterocycles. The maximum absolute atomic E-state index is 5.06. The molecule has 0 bridgehead atoms. The summed E-state index contributed by atoms with van der Waals surface area (Å²) in [5, 5.41) is 5.06. The zero-order chi connectivity index (χ0) is 39.2. The van der Waals surface area contributed by atoms with Crippen LogP contribution in [0.15, 0.2) is 188 Å². The Labute approximate surface area is 341 Å². The lowest BCUT2D eigenvalue weighted by Gasteiger charge is -2.23. The molecule has 5 nitrogen and oxygen atoms in total. The van der Waals surface area contributed by atoms with Crippen LogP contribution < -0.4 is 0 Å². The summed E-state index contributed by atoms with van der Waals surface area (Å²) in [6, 6.07) is 67.1. The highest BCUT2D eigenvalue weighted by Gasteiger charge is 2.36. The zero-order valence-corrected chi connectivity index (χ0v) is 32.6. The van der Waals surface area contributed by atoms with E-state index in [0.717, 1.165) is 28.1 Å². The molecular weight excluding hydrogens is 719 g/mol. The molecule has 0 amide bonds. The zero-order valence-electron chi connectivity index (χ0n) is 32.6. The van der Waals surface area contributed by atoms with Gasteiger partial charge in [0.2, 0.25) is 0 Å². The number of aromatic nitrogens is 5. The van der Waals surface area contributed by atoms with Crippen LogP contribution in [0.1, 0.15) is 25.0 Å². The van der Waals surface area contributed by atoms with E-state index in [2.05, 4.69) is 175 Å². The summed E-state index contributed by atoms with van der Waals surface area (Å²) in [7, 11) is 0. The Balaban J connectivity index is 1.02. The molecule has 8 aromatic carbocycles. The Kier molecular flexibility index (Phi) is 7.20. The third-order valence-corrected chi connectivity index (χ3v) is 12.4. The highest BCUT2D eigenvalue weighted by atomic mass is 15.0. The minimum atomic E-state index is -0.274. The summed E-state index contributed by atoms with van der Waals surface area (Å²) in [6.07, 6.45) is 0. The van der Waals surface area contributed by atoms with Crippen molar-refractivity contribution in [2.75, 3.05) is 0 Å². The van der Waals surface area contributed by atoms with E-state index in [1.165, 1.54) is 65.9 Å². The van der Waals surface area contributed by atoms with Gasteiger partial charge in [0.25, 0.3) is 0 Å². The molecule has 3 aromatic heterocycles. The topological polar surface area (TPSA) is 48.5 Å². The predicted octanol–water partition coefficient (Wildman–Crippen LogP) is 13.4. The lowest BCUT2D eigenvalue weighted by Crippen LogP contribution is -2.15. The van der Waals surface area contributed by atoms with Crippen molar-refractivity contribution in [3.05, 3.63) is 199 Å². The minimum Gasteiger partial charge on any atom is -0.309 e. The summed E-state index contributed by atoms with van der Waals surface area (Å²) in [4.78, 5) is 15.1. The summed E-state index contributed by atoms with van der Waals surface area (Å²) in [5.41, 5.74) is 14.8. The maximum atomic E-state index is 5.06. The smallest absolute Gasteiger partial charge is 0.164 e. The van der Waals surface area contributed by atoms with Crippen molar-refractivity contribution in [1.82, 2.24) is 24.1 Å². The molecule has 1 aliphatic carbocycles. The maximum Gasteiger partial charge on any atom is 0.164 e. The second-order valence-electron chi connectivity index (χ2n) is 16.0. The fourth-order valence-electron chi connectivity index (χ4n) is 9.59. The Hall–Kier alpha value is -7.63. The lowest BCUT2D eigenvalue weighted by atomic mass is 9.82. The number of rotatable bonds is 5. The van der Waals surface area contributed by atoms with Gasteiger partial charge in [-0.15, -0.1) is 0 Å². The molecule has 5 heteroatoms. The standard InChI is InChI=1S/C54H37N5/c1-54(2)43-32-36(53-56-51(34-16-6-3-7-17-34)55-52(57-53)35-18-8-4-9-19-35)26-28-39(43)40-29-27-38(33-44(40)54)59-46-25-15-13-23-42(46)50-48(59)31-30-47-49(50)41-22-12-14-24-45(41)58(47)37-20-10-5-11-21-37/h3-33H,1-2H3. The number of fused-ring (bicyclic) bond motifs is 10. The molecule has 1 aliphatic rings. The van der Waals surface area contributed by atoms with Crippen LogP contribution in [0.4, 0.5) is 0 Å². The summed E-state index contributed by atoms with van der Waals surface area (Å²) in [6.45, 7) is 4.69. The van der Waals surface area contributed by atoms with Crippen molar-refractivity contribution in [1.29, 1.82) is 0 Å². The van der Waals surface area contributed by atoms with Gasteiger partial charge in [-0.1, -0.05) is 147 Å². The van der Waals surface area contributed by atoms with Gasteiger partial charge in [-0.2, -0.15) is 0 Å². The lowest BCUT2D eigenvalue weighted by molar-refractivity contribution is 0.660. The van der Waals surface area contributed by atoms with E-state index in [0.29, 0.717) is 17.5 Å². The van der Waals surface area contributed by atoms with E-state index in [4.69, 9.17) is 15.0 Å². The van der Waals surface area contributed by atoms with Gasteiger partial charge in [0.1, 0.15) is 0 Å². The number of hydrogen-bond acceptors (Lipinski definition) is 3. The van der Waals surface area contributed by atoms with Crippen LogP contribution in [-0.2, 0) is 5.41 Å². The Morgan fingerprint density at radius 3 is 1.36 bits per heavy atom. The molecule has 0 unspecified atom stereocenters. The molecule has 0 radical (unpaired) electrons. The molecule has 0 saturated heterocycles. The van der Waals surface area contributed by atoms with Gasteiger partial charge >= 0.3 is 0 Å². The van der Waals surface area contributed by atoms with Gasteiger partial charge in [0.15, 0.2) is 17.5 Å². The van der Waals surface area contributed by atoms with E-state index >= 15 is 0 Å². The van der Waals surface area contributed by atoms with Crippen LogP contribution in [0.3, 0.4) is 0 Å². The first kappa shape index (κ1) is 33.5. The average Bonchev–Trinajstić information content (AvgIpc) is 3.89. The van der Waals surface area contributed by atoms with Gasteiger partial charge in [0.05, 0.1) is 22.1 Å². The molecule has 12 rings (SSSR count). The van der Waals surface area contributed by atoms with Gasteiger partial charge in [-0.3, -0.25) is 0 Å². The van der Waals surface area contributed by atoms with E-state index in [1.54, 1.807) is 0 Å². The van der Waals surface area contributed by atoms with Crippen molar-refractivity contribution in [3.63, 3.8) is 0 Å². The van der Waals surface area contributed by atoms with E-state index in [1.807, 2.05) is 36.4 Å². The molecule has 0 atom stereocenters. The first-order chi connectivity index (χ1) is 29.0. The number of nitrogens with zero attached hydrogens (tertiary/aromatic N) is 5. The van der Waals surface area contributed by atoms with E-state index in [9.17, 15) is 0 Å². The van der Waals surface area contributed by atoms with Crippen molar-refractivity contribution in [2.45, 2.75) is 19.3 Å². The third-order valence-electron chi connectivity index (χ3n) is 12.4. The fourth-order valence-corrected chi connectivity index (χ4v) is 9.59. The quantitative estimate of drug-likeness (QED) is 0.176. The molecule has 0 N–H and O–H groups in total. The molecular formula is C54H37N5. The molecule has 0 fully saturated rings. The molecule has 0 saturated carbocycles. The van der Waals surface area contributed by atoms with Crippen LogP contribution in [0.5, 0.6) is 0 Å². The Morgan fingerprint density at radius 1 is 0.356 bits per heavy atom. The Morgan fingerprint density at radius 2 is 0.797 bits per heavy atom. The highest BCUT2D eigenvalue weighted by molar-refractivity contribution is 6.28. The van der Waals surface area contributed by atoms with Crippen molar-refractivity contribution in [2.24, 2.45) is 0 Å². The second kappa shape index (κ2) is 12.7. The number of hydrogen-bond donors (Lipinski definition) is 0. The van der Waals surface area contributed by atoms with Gasteiger partial charge < -0.3 is 9.13 Å². The van der Waals surface area contributed by atoms with Crippen LogP contribution in [0.25, 0.3) is 100 Å². The van der Waals surface area contributed by atoms with Crippen LogP contribution >= 0.6 is 0 Å². The number of benzene rings is 8. The fraction of sp³-hybridized carbons (Fsp3) is 0.0556. The Bertz CT molecular complexity index is 3390. The monoisotopic (exact) mass is 755 g/mol. The second-order valence-corrected chi connectivity index (χ2v) is 16.0. The first-order valence-corrected chi connectivity index (χ1v) is 20.2. The van der Waals surface area contributed by atoms with E-state index in [-0.39, 0.29) is 5.41 Å². The third kappa shape index (κ3) is 5.01. The van der Waals surface area contributed by atoms with Crippen LogP contribution in [-0.4, -0.2) is 24.1 Å². The van der Waals surface area contributed by atoms with Crippen molar-refractivity contribution >= 4 is 43.6 Å². The molecule has 278 valence electrons. The largest absolute Gasteiger partial charge is 0.309 e. The average molecular weight is 756 g/mol. The minimum absolute atomic E-state index is 0.274. The SMILES string of the molecule is CC1(C)c2cc(-c3nc(-c4ccccc4)nc(-c4ccccc4)n3)ccc2-c2ccc(-n3c4ccccc4c4c5c6ccccc6n(-c6ccccc6)c5ccc43)cc21.